The van der Waals surface area contributed by atoms with E-state index < -0.39 is 0 Å². The summed E-state index contributed by atoms with van der Waals surface area (Å²) in [6.07, 6.45) is 2.12. The molecule has 0 bridgehead atoms. The van der Waals surface area contributed by atoms with Gasteiger partial charge in [-0.3, -0.25) is 0 Å². The normalized spacial score (nSPS) is 12.6. The lowest BCUT2D eigenvalue weighted by atomic mass is 9.96. The summed E-state index contributed by atoms with van der Waals surface area (Å²) in [4.78, 5) is 0. The summed E-state index contributed by atoms with van der Waals surface area (Å²) < 4.78 is 5.59. The molecule has 2 nitrogen and oxygen atoms in total. The summed E-state index contributed by atoms with van der Waals surface area (Å²) in [5, 5.41) is 3.90. The second-order valence-electron chi connectivity index (χ2n) is 4.87. The molecule has 20 heavy (non-hydrogen) atoms. The molecule has 1 heterocycles. The molecule has 1 atom stereocenters. The summed E-state index contributed by atoms with van der Waals surface area (Å²) in [5.74, 6) is 0.864. The van der Waals surface area contributed by atoms with Gasteiger partial charge in [-0.25, -0.2) is 0 Å². The standard InChI is InChI=1S/C17H22ClNO/c1-4-12-7-8-14(11-13(12)5-2)17(19-6-3)15-9-10-16(18)20-15/h7-11,17,19H,4-6H2,1-3H3. The number of halogens is 1. The third kappa shape index (κ3) is 3.25. The molecule has 0 aliphatic carbocycles. The molecule has 0 fully saturated rings. The Labute approximate surface area is 126 Å². The quantitative estimate of drug-likeness (QED) is 0.830. The minimum atomic E-state index is 0.0590. The monoisotopic (exact) mass is 291 g/mol. The van der Waals surface area contributed by atoms with E-state index in [9.17, 15) is 0 Å². The lowest BCUT2D eigenvalue weighted by molar-refractivity contribution is 0.453. The van der Waals surface area contributed by atoms with Crippen LogP contribution in [-0.2, 0) is 12.8 Å². The molecule has 0 saturated heterocycles. The Morgan fingerprint density at radius 3 is 2.35 bits per heavy atom. The molecule has 1 N–H and O–H groups in total. The first-order valence-electron chi connectivity index (χ1n) is 7.29. The smallest absolute Gasteiger partial charge is 0.193 e. The van der Waals surface area contributed by atoms with Gasteiger partial charge in [-0.1, -0.05) is 39.0 Å². The number of hydrogen-bond acceptors (Lipinski definition) is 2. The minimum Gasteiger partial charge on any atom is -0.448 e. The highest BCUT2D eigenvalue weighted by molar-refractivity contribution is 6.28. The second kappa shape index (κ2) is 6.96. The average Bonchev–Trinajstić information content (AvgIpc) is 2.90. The highest BCUT2D eigenvalue weighted by Gasteiger charge is 2.17. The van der Waals surface area contributed by atoms with E-state index in [-0.39, 0.29) is 6.04 Å². The SMILES string of the molecule is CCNC(c1ccc(CC)c(CC)c1)c1ccc(Cl)o1. The van der Waals surface area contributed by atoms with Crippen LogP contribution < -0.4 is 5.32 Å². The number of aryl methyl sites for hydroxylation is 2. The predicted octanol–water partition coefficient (Wildman–Crippen LogP) is 4.76. The zero-order chi connectivity index (χ0) is 14.5. The molecule has 2 rings (SSSR count). The van der Waals surface area contributed by atoms with E-state index in [0.29, 0.717) is 5.22 Å². The molecule has 1 unspecified atom stereocenters. The first-order valence-corrected chi connectivity index (χ1v) is 7.67. The third-order valence-corrected chi connectivity index (χ3v) is 3.82. The van der Waals surface area contributed by atoms with E-state index in [0.717, 1.165) is 25.1 Å². The third-order valence-electron chi connectivity index (χ3n) is 3.61. The van der Waals surface area contributed by atoms with E-state index >= 15 is 0 Å². The van der Waals surface area contributed by atoms with Crippen LogP contribution in [0.25, 0.3) is 0 Å². The fourth-order valence-corrected chi connectivity index (χ4v) is 2.72. The van der Waals surface area contributed by atoms with E-state index in [1.165, 1.54) is 16.7 Å². The molecule has 3 heteroatoms. The van der Waals surface area contributed by atoms with Gasteiger partial charge in [-0.2, -0.15) is 0 Å². The first-order chi connectivity index (χ1) is 9.69. The van der Waals surface area contributed by atoms with Crippen LogP contribution in [0, 0.1) is 0 Å². The summed E-state index contributed by atoms with van der Waals surface area (Å²) in [7, 11) is 0. The second-order valence-corrected chi connectivity index (χ2v) is 5.24. The Balaban J connectivity index is 2.39. The molecule has 1 aromatic carbocycles. The molecule has 0 aliphatic heterocycles. The van der Waals surface area contributed by atoms with Gasteiger partial charge in [0.1, 0.15) is 5.76 Å². The van der Waals surface area contributed by atoms with E-state index in [2.05, 4.69) is 44.3 Å². The van der Waals surface area contributed by atoms with Gasteiger partial charge in [-0.15, -0.1) is 0 Å². The van der Waals surface area contributed by atoms with Crippen LogP contribution in [0.5, 0.6) is 0 Å². The van der Waals surface area contributed by atoms with E-state index in [4.69, 9.17) is 16.0 Å². The van der Waals surface area contributed by atoms with Crippen molar-refractivity contribution in [2.45, 2.75) is 39.7 Å². The average molecular weight is 292 g/mol. The van der Waals surface area contributed by atoms with Crippen molar-refractivity contribution in [1.29, 1.82) is 0 Å². The molecule has 0 spiro atoms. The van der Waals surface area contributed by atoms with Crippen molar-refractivity contribution in [2.75, 3.05) is 6.54 Å². The molecule has 0 saturated carbocycles. The summed E-state index contributed by atoms with van der Waals surface area (Å²) >= 11 is 5.90. The van der Waals surface area contributed by atoms with Crippen LogP contribution in [-0.4, -0.2) is 6.54 Å². The number of rotatable bonds is 6. The van der Waals surface area contributed by atoms with E-state index in [1.54, 1.807) is 6.07 Å². The molecule has 108 valence electrons. The van der Waals surface area contributed by atoms with Crippen molar-refractivity contribution in [2.24, 2.45) is 0 Å². The zero-order valence-corrected chi connectivity index (χ0v) is 13.1. The van der Waals surface area contributed by atoms with Crippen molar-refractivity contribution in [3.05, 3.63) is 58.0 Å². The number of nitrogens with one attached hydrogen (secondary N) is 1. The largest absolute Gasteiger partial charge is 0.448 e. The topological polar surface area (TPSA) is 25.2 Å². The lowest BCUT2D eigenvalue weighted by Crippen LogP contribution is -2.21. The fraction of sp³-hybridized carbons (Fsp3) is 0.412. The molecule has 1 aromatic heterocycles. The molecular weight excluding hydrogens is 270 g/mol. The molecule has 0 radical (unpaired) electrons. The Hall–Kier alpha value is -1.25. The zero-order valence-electron chi connectivity index (χ0n) is 12.4. The lowest BCUT2D eigenvalue weighted by Gasteiger charge is -2.18. The molecule has 0 amide bonds. The van der Waals surface area contributed by atoms with Crippen LogP contribution in [0.2, 0.25) is 5.22 Å². The minimum absolute atomic E-state index is 0.0590. The maximum atomic E-state index is 5.90. The maximum absolute atomic E-state index is 5.90. The van der Waals surface area contributed by atoms with Crippen molar-refractivity contribution in [1.82, 2.24) is 5.32 Å². The summed E-state index contributed by atoms with van der Waals surface area (Å²) in [5.41, 5.74) is 4.06. The Morgan fingerprint density at radius 1 is 1.05 bits per heavy atom. The van der Waals surface area contributed by atoms with Crippen LogP contribution in [0.15, 0.2) is 34.7 Å². The molecule has 0 aliphatic rings. The van der Waals surface area contributed by atoms with Gasteiger partial charge >= 0.3 is 0 Å². The van der Waals surface area contributed by atoms with Gasteiger partial charge in [-0.05, 0) is 59.8 Å². The van der Waals surface area contributed by atoms with Crippen LogP contribution >= 0.6 is 11.6 Å². The Morgan fingerprint density at radius 2 is 1.80 bits per heavy atom. The Bertz CT molecular complexity index is 562. The van der Waals surface area contributed by atoms with Gasteiger partial charge in [0.25, 0.3) is 0 Å². The van der Waals surface area contributed by atoms with Crippen LogP contribution in [0.3, 0.4) is 0 Å². The number of benzene rings is 1. The van der Waals surface area contributed by atoms with Gasteiger partial charge in [0.15, 0.2) is 5.22 Å². The fourth-order valence-electron chi connectivity index (χ4n) is 2.57. The summed E-state index contributed by atoms with van der Waals surface area (Å²) in [6, 6.07) is 10.5. The number of hydrogen-bond donors (Lipinski definition) is 1. The van der Waals surface area contributed by atoms with Crippen molar-refractivity contribution in [3.63, 3.8) is 0 Å². The van der Waals surface area contributed by atoms with Crippen molar-refractivity contribution in [3.8, 4) is 0 Å². The van der Waals surface area contributed by atoms with Crippen LogP contribution in [0.1, 0.15) is 49.3 Å². The van der Waals surface area contributed by atoms with Crippen molar-refractivity contribution >= 4 is 11.6 Å². The summed E-state index contributed by atoms with van der Waals surface area (Å²) in [6.45, 7) is 7.37. The van der Waals surface area contributed by atoms with E-state index in [1.807, 2.05) is 6.07 Å². The maximum Gasteiger partial charge on any atom is 0.193 e. The van der Waals surface area contributed by atoms with Gasteiger partial charge in [0, 0.05) is 0 Å². The molecular formula is C17H22ClNO. The predicted molar refractivity (Wildman–Crippen MR) is 84.4 cm³/mol. The highest BCUT2D eigenvalue weighted by Crippen LogP contribution is 2.27. The first kappa shape index (κ1) is 15.1. The van der Waals surface area contributed by atoms with Gasteiger partial charge in [0.05, 0.1) is 6.04 Å². The highest BCUT2D eigenvalue weighted by atomic mass is 35.5. The van der Waals surface area contributed by atoms with Gasteiger partial charge in [0.2, 0.25) is 0 Å². The molecule has 2 aromatic rings. The number of furan rings is 1. The van der Waals surface area contributed by atoms with Gasteiger partial charge < -0.3 is 9.73 Å². The van der Waals surface area contributed by atoms with Crippen molar-refractivity contribution < 1.29 is 4.42 Å². The van der Waals surface area contributed by atoms with Crippen LogP contribution in [0.4, 0.5) is 0 Å². The Kier molecular flexibility index (Phi) is 5.27.